The number of nitrogens with one attached hydrogen (secondary N) is 1. The Kier molecular flexibility index (Phi) is 9.63. The zero-order valence-electron chi connectivity index (χ0n) is 27.5. The molecule has 1 saturated heterocycles. The summed E-state index contributed by atoms with van der Waals surface area (Å²) in [5.41, 5.74) is 1.02. The van der Waals surface area contributed by atoms with Gasteiger partial charge in [-0.15, -0.1) is 0 Å². The van der Waals surface area contributed by atoms with E-state index in [1.165, 1.54) is 0 Å². The maximum absolute atomic E-state index is 13.3. The Morgan fingerprint density at radius 2 is 1.61 bits per heavy atom. The molecule has 0 bridgehead atoms. The van der Waals surface area contributed by atoms with Gasteiger partial charge in [0.2, 0.25) is 0 Å². The molecule has 9 heteroatoms. The average molecular weight is 623 g/mol. The predicted molar refractivity (Wildman–Crippen MR) is 173 cm³/mol. The van der Waals surface area contributed by atoms with E-state index in [1.54, 1.807) is 18.2 Å². The molecule has 0 radical (unpaired) electrons. The molecule has 44 heavy (non-hydrogen) atoms. The number of piperazine rings is 1. The largest absolute Gasteiger partial charge is 0.489 e. The number of carbonyl (C=O) groups is 2. The highest BCUT2D eigenvalue weighted by Crippen LogP contribution is 2.55. The summed E-state index contributed by atoms with van der Waals surface area (Å²) in [6, 6.07) is 15.3. The number of hydrogen-bond donors (Lipinski definition) is 1. The normalized spacial score (nSPS) is 24.5. The third kappa shape index (κ3) is 7.16. The molecule has 1 heterocycles. The Balaban J connectivity index is 1.31. The van der Waals surface area contributed by atoms with Gasteiger partial charge < -0.3 is 19.7 Å². The predicted octanol–water partition coefficient (Wildman–Crippen LogP) is 6.70. The summed E-state index contributed by atoms with van der Waals surface area (Å²) in [7, 11) is 0. The molecule has 1 aliphatic carbocycles. The summed E-state index contributed by atoms with van der Waals surface area (Å²) < 4.78 is 11.9. The van der Waals surface area contributed by atoms with E-state index in [-0.39, 0.29) is 47.1 Å². The number of carbonyl (C=O) groups excluding carboxylic acids is 2. The van der Waals surface area contributed by atoms with Crippen LogP contribution in [0.5, 0.6) is 5.75 Å². The lowest BCUT2D eigenvalue weighted by Gasteiger charge is -2.63. The standard InChI is InChI=1S/C35H47ClN4O4/c1-22-20-39(32(42)44-33(3,4)5)21-23(2)40(22)17-16-24-10-12-25(13-11-24)29(41)38-30-34(6,7)31(35(30,8)9)43-27-15-14-26(19-37)28(36)18-27/h10-15,18,22-23,30-31H,16-17,20-21H2,1-9H3,(H,38,41)/t22-,23+,30?,31?. The number of nitrogens with zero attached hydrogens (tertiary/aromatic N) is 3. The topological polar surface area (TPSA) is 94.9 Å². The van der Waals surface area contributed by atoms with Gasteiger partial charge in [-0.2, -0.15) is 5.26 Å². The third-order valence-electron chi connectivity index (χ3n) is 9.06. The fourth-order valence-corrected chi connectivity index (χ4v) is 7.38. The smallest absolute Gasteiger partial charge is 0.410 e. The minimum Gasteiger partial charge on any atom is -0.489 e. The number of ether oxygens (including phenoxy) is 2. The van der Waals surface area contributed by atoms with E-state index in [0.717, 1.165) is 18.5 Å². The maximum Gasteiger partial charge on any atom is 0.410 e. The molecular formula is C35H47ClN4O4. The number of nitriles is 1. The van der Waals surface area contributed by atoms with E-state index in [1.807, 2.05) is 49.9 Å². The van der Waals surface area contributed by atoms with Crippen LogP contribution in [-0.2, 0) is 11.2 Å². The van der Waals surface area contributed by atoms with E-state index in [4.69, 9.17) is 26.3 Å². The number of amides is 2. The van der Waals surface area contributed by atoms with Crippen LogP contribution in [0.1, 0.15) is 83.8 Å². The van der Waals surface area contributed by atoms with Crippen LogP contribution in [0.25, 0.3) is 0 Å². The molecule has 2 atom stereocenters. The summed E-state index contributed by atoms with van der Waals surface area (Å²) in [5, 5.41) is 12.8. The van der Waals surface area contributed by atoms with E-state index in [2.05, 4.69) is 57.8 Å². The molecule has 0 unspecified atom stereocenters. The Bertz CT molecular complexity index is 1380. The van der Waals surface area contributed by atoms with Crippen molar-refractivity contribution in [2.45, 2.75) is 98.6 Å². The van der Waals surface area contributed by atoms with Gasteiger partial charge in [-0.1, -0.05) is 51.4 Å². The molecule has 2 amide bonds. The first kappa shape index (κ1) is 33.6. The molecular weight excluding hydrogens is 576 g/mol. The monoisotopic (exact) mass is 622 g/mol. The van der Waals surface area contributed by atoms with Crippen LogP contribution in [0.4, 0.5) is 4.79 Å². The first-order valence-corrected chi connectivity index (χ1v) is 15.8. The molecule has 238 valence electrons. The first-order chi connectivity index (χ1) is 20.4. The summed E-state index contributed by atoms with van der Waals surface area (Å²) in [6.45, 7) is 20.5. The quantitative estimate of drug-likeness (QED) is 0.369. The third-order valence-corrected chi connectivity index (χ3v) is 9.37. The lowest BCUT2D eigenvalue weighted by molar-refractivity contribution is -0.164. The van der Waals surface area contributed by atoms with E-state index >= 15 is 0 Å². The van der Waals surface area contributed by atoms with Gasteiger partial charge in [-0.25, -0.2) is 4.79 Å². The Morgan fingerprint density at radius 3 is 2.14 bits per heavy atom. The van der Waals surface area contributed by atoms with Gasteiger partial charge in [-0.3, -0.25) is 9.69 Å². The van der Waals surface area contributed by atoms with Crippen molar-refractivity contribution in [2.75, 3.05) is 19.6 Å². The summed E-state index contributed by atoms with van der Waals surface area (Å²) in [6.07, 6.45) is 0.435. The molecule has 8 nitrogen and oxygen atoms in total. The summed E-state index contributed by atoms with van der Waals surface area (Å²) in [5.74, 6) is 0.497. The highest BCUT2D eigenvalue weighted by Gasteiger charge is 2.64. The van der Waals surface area contributed by atoms with Gasteiger partial charge in [0.15, 0.2) is 0 Å². The molecule has 2 aliphatic rings. The Labute approximate surface area is 267 Å². The first-order valence-electron chi connectivity index (χ1n) is 15.4. The number of hydrogen-bond acceptors (Lipinski definition) is 6. The average Bonchev–Trinajstić information content (AvgIpc) is 2.93. The van der Waals surface area contributed by atoms with Gasteiger partial charge in [0.05, 0.1) is 10.6 Å². The summed E-state index contributed by atoms with van der Waals surface area (Å²) >= 11 is 6.22. The molecule has 1 aliphatic heterocycles. The highest BCUT2D eigenvalue weighted by atomic mass is 35.5. The molecule has 0 aromatic heterocycles. The lowest BCUT2D eigenvalue weighted by atomic mass is 9.49. The van der Waals surface area contributed by atoms with Crippen LogP contribution in [0, 0.1) is 22.2 Å². The van der Waals surface area contributed by atoms with Crippen LogP contribution in [0.2, 0.25) is 5.02 Å². The highest BCUT2D eigenvalue weighted by molar-refractivity contribution is 6.31. The van der Waals surface area contributed by atoms with Crippen molar-refractivity contribution in [3.8, 4) is 11.8 Å². The SMILES string of the molecule is C[C@@H]1CN(C(=O)OC(C)(C)C)C[C@H](C)N1CCc1ccc(C(=O)NC2C(C)(C)C(Oc3ccc(C#N)c(Cl)c3)C2(C)C)cc1. The van der Waals surface area contributed by atoms with E-state index in [9.17, 15) is 9.59 Å². The number of benzene rings is 2. The fraction of sp³-hybridized carbons (Fsp3) is 0.571. The minimum absolute atomic E-state index is 0.108. The van der Waals surface area contributed by atoms with Gasteiger partial charge >= 0.3 is 6.09 Å². The Morgan fingerprint density at radius 1 is 1.02 bits per heavy atom. The van der Waals surface area contributed by atoms with Crippen molar-refractivity contribution in [2.24, 2.45) is 10.8 Å². The van der Waals surface area contributed by atoms with Gasteiger partial charge in [-0.05, 0) is 70.9 Å². The van der Waals surface area contributed by atoms with E-state index < -0.39 is 5.60 Å². The second kappa shape index (κ2) is 12.6. The molecule has 2 fully saturated rings. The van der Waals surface area contributed by atoms with Crippen LogP contribution in [0.3, 0.4) is 0 Å². The van der Waals surface area contributed by atoms with Crippen LogP contribution in [0.15, 0.2) is 42.5 Å². The van der Waals surface area contributed by atoms with Crippen molar-refractivity contribution >= 4 is 23.6 Å². The van der Waals surface area contributed by atoms with Crippen LogP contribution in [-0.4, -0.2) is 71.3 Å². The number of rotatable bonds is 7. The maximum atomic E-state index is 13.3. The number of halogens is 1. The zero-order chi connectivity index (χ0) is 32.6. The fourth-order valence-electron chi connectivity index (χ4n) is 7.16. The van der Waals surface area contributed by atoms with E-state index in [0.29, 0.717) is 35.0 Å². The van der Waals surface area contributed by atoms with Crippen molar-refractivity contribution in [1.29, 1.82) is 5.26 Å². The lowest BCUT2D eigenvalue weighted by Crippen LogP contribution is -2.74. The molecule has 1 saturated carbocycles. The second-order valence-corrected chi connectivity index (χ2v) is 15.0. The zero-order valence-corrected chi connectivity index (χ0v) is 28.3. The second-order valence-electron chi connectivity index (χ2n) is 14.6. The van der Waals surface area contributed by atoms with Gasteiger partial charge in [0.1, 0.15) is 23.5 Å². The molecule has 2 aromatic rings. The molecule has 4 rings (SSSR count). The molecule has 2 aromatic carbocycles. The summed E-state index contributed by atoms with van der Waals surface area (Å²) in [4.78, 5) is 30.2. The van der Waals surface area contributed by atoms with Crippen LogP contribution >= 0.6 is 11.6 Å². The minimum atomic E-state index is -0.507. The molecule has 0 spiro atoms. The van der Waals surface area contributed by atoms with Crippen molar-refractivity contribution in [1.82, 2.24) is 15.1 Å². The van der Waals surface area contributed by atoms with Crippen LogP contribution < -0.4 is 10.1 Å². The van der Waals surface area contributed by atoms with Gasteiger partial charge in [0, 0.05) is 60.2 Å². The van der Waals surface area contributed by atoms with Crippen molar-refractivity contribution < 1.29 is 19.1 Å². The Hall–Kier alpha value is -3.28. The van der Waals surface area contributed by atoms with Gasteiger partial charge in [0.25, 0.3) is 5.91 Å². The molecule has 1 N–H and O–H groups in total. The van der Waals surface area contributed by atoms with Crippen molar-refractivity contribution in [3.63, 3.8) is 0 Å². The van der Waals surface area contributed by atoms with Crippen molar-refractivity contribution in [3.05, 3.63) is 64.2 Å².